The number of carbonyl (C=O) groups excluding carboxylic acids is 1. The van der Waals surface area contributed by atoms with E-state index in [9.17, 15) is 13.2 Å². The number of anilines is 1. The van der Waals surface area contributed by atoms with Gasteiger partial charge >= 0.3 is 0 Å². The lowest BCUT2D eigenvalue weighted by molar-refractivity contribution is -0.120. The molecule has 27 heavy (non-hydrogen) atoms. The highest BCUT2D eigenvalue weighted by atomic mass is 32.2. The standard InChI is InChI=1S/C17H22N4O4S2/c1-10-15(11(2)25-20-10)27(23,24)21-7-5-13(6-8-21)16(22)19-17-18-14(9-26-17)12-3-4-12/h9,12-13H,3-8H2,1-2H3,(H,18,19,22). The lowest BCUT2D eigenvalue weighted by Gasteiger charge is -2.30. The van der Waals surface area contributed by atoms with Crippen LogP contribution in [-0.2, 0) is 14.8 Å². The Kier molecular flexibility index (Phi) is 4.81. The predicted molar refractivity (Wildman–Crippen MR) is 100 cm³/mol. The number of hydrogen-bond donors (Lipinski definition) is 1. The van der Waals surface area contributed by atoms with Gasteiger partial charge in [0, 0.05) is 30.3 Å². The normalized spacial score (nSPS) is 19.3. The molecule has 1 saturated carbocycles. The van der Waals surface area contributed by atoms with Crippen LogP contribution in [0.5, 0.6) is 0 Å². The zero-order valence-electron chi connectivity index (χ0n) is 15.3. The highest BCUT2D eigenvalue weighted by Gasteiger charge is 2.35. The number of carbonyl (C=O) groups is 1. The van der Waals surface area contributed by atoms with Crippen molar-refractivity contribution in [3.05, 3.63) is 22.5 Å². The topological polar surface area (TPSA) is 105 Å². The van der Waals surface area contributed by atoms with Crippen LogP contribution in [0.25, 0.3) is 0 Å². The van der Waals surface area contributed by atoms with Crippen LogP contribution >= 0.6 is 11.3 Å². The molecule has 2 fully saturated rings. The van der Waals surface area contributed by atoms with Gasteiger partial charge in [0.05, 0.1) is 5.69 Å². The van der Waals surface area contributed by atoms with E-state index in [1.54, 1.807) is 13.8 Å². The van der Waals surface area contributed by atoms with Gasteiger partial charge in [0.25, 0.3) is 0 Å². The molecule has 1 aliphatic heterocycles. The summed E-state index contributed by atoms with van der Waals surface area (Å²) in [6.45, 7) is 3.82. The summed E-state index contributed by atoms with van der Waals surface area (Å²) < 4.78 is 32.1. The van der Waals surface area contributed by atoms with E-state index in [1.807, 2.05) is 5.38 Å². The summed E-state index contributed by atoms with van der Waals surface area (Å²) >= 11 is 1.45. The maximum atomic E-state index is 12.8. The minimum atomic E-state index is -3.65. The summed E-state index contributed by atoms with van der Waals surface area (Å²) in [6, 6.07) is 0. The highest BCUT2D eigenvalue weighted by Crippen LogP contribution is 2.41. The van der Waals surface area contributed by atoms with Gasteiger partial charge in [-0.25, -0.2) is 13.4 Å². The van der Waals surface area contributed by atoms with Crippen molar-refractivity contribution in [1.29, 1.82) is 0 Å². The van der Waals surface area contributed by atoms with Crippen LogP contribution in [0, 0.1) is 19.8 Å². The minimum absolute atomic E-state index is 0.0823. The van der Waals surface area contributed by atoms with Gasteiger partial charge in [-0.1, -0.05) is 5.16 Å². The third-order valence-electron chi connectivity index (χ3n) is 5.14. The number of amides is 1. The average Bonchev–Trinajstić information content (AvgIpc) is 3.29. The van der Waals surface area contributed by atoms with E-state index in [0.717, 1.165) is 5.69 Å². The Morgan fingerprint density at radius 3 is 2.56 bits per heavy atom. The fraction of sp³-hybridized carbons (Fsp3) is 0.588. The molecule has 3 heterocycles. The molecule has 2 aromatic rings. The van der Waals surface area contributed by atoms with Gasteiger partial charge < -0.3 is 9.84 Å². The molecule has 4 rings (SSSR count). The lowest BCUT2D eigenvalue weighted by atomic mass is 9.97. The molecule has 0 bridgehead atoms. The third kappa shape index (κ3) is 3.65. The van der Waals surface area contributed by atoms with E-state index in [0.29, 0.717) is 48.4 Å². The Morgan fingerprint density at radius 2 is 1.96 bits per heavy atom. The molecule has 1 aliphatic carbocycles. The minimum Gasteiger partial charge on any atom is -0.360 e. The number of piperidine rings is 1. The van der Waals surface area contributed by atoms with Gasteiger partial charge in [0.15, 0.2) is 10.9 Å². The van der Waals surface area contributed by atoms with Crippen molar-refractivity contribution in [3.8, 4) is 0 Å². The molecule has 146 valence electrons. The third-order valence-corrected chi connectivity index (χ3v) is 8.06. The van der Waals surface area contributed by atoms with Crippen LogP contribution in [0.3, 0.4) is 0 Å². The van der Waals surface area contributed by atoms with E-state index < -0.39 is 10.0 Å². The van der Waals surface area contributed by atoms with E-state index in [4.69, 9.17) is 4.52 Å². The second-order valence-electron chi connectivity index (χ2n) is 7.17. The van der Waals surface area contributed by atoms with Gasteiger partial charge in [-0.15, -0.1) is 11.3 Å². The molecule has 10 heteroatoms. The van der Waals surface area contributed by atoms with Crippen LogP contribution in [0.2, 0.25) is 0 Å². The summed E-state index contributed by atoms with van der Waals surface area (Å²) in [4.78, 5) is 17.1. The summed E-state index contributed by atoms with van der Waals surface area (Å²) in [7, 11) is -3.65. The van der Waals surface area contributed by atoms with Crippen LogP contribution < -0.4 is 5.32 Å². The zero-order chi connectivity index (χ0) is 19.2. The molecule has 1 amide bonds. The Hall–Kier alpha value is -1.78. The Morgan fingerprint density at radius 1 is 1.26 bits per heavy atom. The van der Waals surface area contributed by atoms with Crippen molar-refractivity contribution in [2.75, 3.05) is 18.4 Å². The fourth-order valence-corrected chi connectivity index (χ4v) is 6.00. The van der Waals surface area contributed by atoms with E-state index >= 15 is 0 Å². The predicted octanol–water partition coefficient (Wildman–Crippen LogP) is 2.66. The van der Waals surface area contributed by atoms with E-state index in [-0.39, 0.29) is 16.7 Å². The SMILES string of the molecule is Cc1noc(C)c1S(=O)(=O)N1CCC(C(=O)Nc2nc(C3CC3)cs2)CC1. The monoisotopic (exact) mass is 410 g/mol. The van der Waals surface area contributed by atoms with Crippen molar-refractivity contribution in [2.45, 2.75) is 50.3 Å². The quantitative estimate of drug-likeness (QED) is 0.812. The van der Waals surface area contributed by atoms with Crippen molar-refractivity contribution in [2.24, 2.45) is 5.92 Å². The number of aryl methyl sites for hydroxylation is 2. The Labute approximate surface area is 162 Å². The second kappa shape index (κ2) is 6.99. The number of rotatable bonds is 5. The van der Waals surface area contributed by atoms with Gasteiger partial charge in [0.1, 0.15) is 10.6 Å². The number of nitrogens with one attached hydrogen (secondary N) is 1. The summed E-state index contributed by atoms with van der Waals surface area (Å²) in [5.41, 5.74) is 1.43. The first-order valence-electron chi connectivity index (χ1n) is 9.05. The van der Waals surface area contributed by atoms with Crippen LogP contribution in [0.1, 0.15) is 48.7 Å². The highest BCUT2D eigenvalue weighted by molar-refractivity contribution is 7.89. The summed E-state index contributed by atoms with van der Waals surface area (Å²) in [6.07, 6.45) is 3.31. The van der Waals surface area contributed by atoms with Gasteiger partial charge in [0.2, 0.25) is 15.9 Å². The first-order valence-corrected chi connectivity index (χ1v) is 11.4. The van der Waals surface area contributed by atoms with Gasteiger partial charge in [-0.3, -0.25) is 4.79 Å². The van der Waals surface area contributed by atoms with Crippen molar-refractivity contribution in [3.63, 3.8) is 0 Å². The molecule has 8 nitrogen and oxygen atoms in total. The smallest absolute Gasteiger partial charge is 0.248 e. The largest absolute Gasteiger partial charge is 0.360 e. The molecular weight excluding hydrogens is 388 g/mol. The van der Waals surface area contributed by atoms with Crippen LogP contribution in [-0.4, -0.2) is 41.9 Å². The molecule has 2 aromatic heterocycles. The number of thiazole rings is 1. The van der Waals surface area contributed by atoms with Crippen LogP contribution in [0.15, 0.2) is 14.8 Å². The summed E-state index contributed by atoms with van der Waals surface area (Å²) in [5, 5.41) is 9.26. The zero-order valence-corrected chi connectivity index (χ0v) is 16.9. The number of aromatic nitrogens is 2. The molecular formula is C17H22N4O4S2. The van der Waals surface area contributed by atoms with Crippen molar-refractivity contribution >= 4 is 32.4 Å². The van der Waals surface area contributed by atoms with Crippen molar-refractivity contribution in [1.82, 2.24) is 14.4 Å². The molecule has 0 atom stereocenters. The molecule has 0 aromatic carbocycles. The molecule has 1 saturated heterocycles. The molecule has 2 aliphatic rings. The maximum Gasteiger partial charge on any atom is 0.248 e. The average molecular weight is 411 g/mol. The Balaban J connectivity index is 1.37. The van der Waals surface area contributed by atoms with E-state index in [1.165, 1.54) is 28.5 Å². The summed E-state index contributed by atoms with van der Waals surface area (Å²) in [5.74, 6) is 0.558. The van der Waals surface area contributed by atoms with Crippen LogP contribution in [0.4, 0.5) is 5.13 Å². The van der Waals surface area contributed by atoms with Gasteiger partial charge in [-0.05, 0) is 39.5 Å². The Bertz CT molecular complexity index is 934. The second-order valence-corrected chi connectivity index (χ2v) is 9.91. The first kappa shape index (κ1) is 18.6. The fourth-order valence-electron chi connectivity index (χ4n) is 3.45. The molecule has 0 unspecified atom stereocenters. The van der Waals surface area contributed by atoms with E-state index in [2.05, 4.69) is 15.5 Å². The molecule has 0 spiro atoms. The number of nitrogens with zero attached hydrogens (tertiary/aromatic N) is 3. The molecule has 0 radical (unpaired) electrons. The number of hydrogen-bond acceptors (Lipinski definition) is 7. The number of sulfonamides is 1. The van der Waals surface area contributed by atoms with Crippen molar-refractivity contribution < 1.29 is 17.7 Å². The maximum absolute atomic E-state index is 12.8. The lowest BCUT2D eigenvalue weighted by Crippen LogP contribution is -2.41. The molecule has 1 N–H and O–H groups in total. The van der Waals surface area contributed by atoms with Gasteiger partial charge in [-0.2, -0.15) is 4.31 Å². The first-order chi connectivity index (χ1) is 12.9.